The molecule has 1 saturated heterocycles. The van der Waals surface area contributed by atoms with E-state index in [9.17, 15) is 13.6 Å². The van der Waals surface area contributed by atoms with Crippen molar-refractivity contribution in [3.05, 3.63) is 46.6 Å². The summed E-state index contributed by atoms with van der Waals surface area (Å²) in [6, 6.07) is 7.02. The molecule has 0 atom stereocenters. The lowest BCUT2D eigenvalue weighted by Gasteiger charge is -2.16. The summed E-state index contributed by atoms with van der Waals surface area (Å²) in [6.07, 6.45) is 2.34. The molecule has 2 aromatic rings. The average molecular weight is 449 g/mol. The number of rotatable bonds is 5. The maximum atomic E-state index is 12.6. The fraction of sp³-hybridized carbons (Fsp3) is 0.250. The number of hydroxylamine groups is 1. The van der Waals surface area contributed by atoms with Crippen molar-refractivity contribution in [2.75, 3.05) is 23.5 Å². The van der Waals surface area contributed by atoms with Gasteiger partial charge in [0.1, 0.15) is 5.75 Å². The number of benzene rings is 1. The minimum Gasteiger partial charge on any atom is -0.420 e. The van der Waals surface area contributed by atoms with Gasteiger partial charge in [-0.15, -0.1) is 8.78 Å². The highest BCUT2D eigenvalue weighted by Crippen LogP contribution is 2.28. The van der Waals surface area contributed by atoms with Crippen molar-refractivity contribution in [2.24, 2.45) is 0 Å². The second kappa shape index (κ2) is 7.73. The quantitative estimate of drug-likeness (QED) is 0.687. The fourth-order valence-corrected chi connectivity index (χ4v) is 2.93. The zero-order chi connectivity index (χ0) is 18.7. The van der Waals surface area contributed by atoms with Crippen LogP contribution in [-0.2, 0) is 4.84 Å². The van der Waals surface area contributed by atoms with Gasteiger partial charge in [-0.1, -0.05) is 0 Å². The Morgan fingerprint density at radius 1 is 1.38 bits per heavy atom. The van der Waals surface area contributed by atoms with E-state index in [0.717, 1.165) is 13.0 Å². The molecule has 1 aliphatic heterocycles. The van der Waals surface area contributed by atoms with E-state index in [-0.39, 0.29) is 5.75 Å². The van der Waals surface area contributed by atoms with Crippen molar-refractivity contribution in [1.82, 2.24) is 4.98 Å². The number of amides is 1. The van der Waals surface area contributed by atoms with Crippen LogP contribution < -0.4 is 15.1 Å². The first-order chi connectivity index (χ1) is 12.3. The first-order valence-electron chi connectivity index (χ1n) is 7.55. The van der Waals surface area contributed by atoms with Crippen molar-refractivity contribution in [3.63, 3.8) is 0 Å². The molecule has 1 amide bonds. The largest absolute Gasteiger partial charge is 0.487 e. The number of hydrogen-bond acceptors (Lipinski definition) is 5. The lowest BCUT2D eigenvalue weighted by Crippen LogP contribution is -2.19. The van der Waals surface area contributed by atoms with Gasteiger partial charge >= 0.3 is 5.57 Å². The Kier molecular flexibility index (Phi) is 5.59. The Morgan fingerprint density at radius 3 is 2.69 bits per heavy atom. The van der Waals surface area contributed by atoms with E-state index in [1.807, 2.05) is 0 Å². The van der Waals surface area contributed by atoms with Crippen molar-refractivity contribution in [1.29, 1.82) is 0 Å². The summed E-state index contributed by atoms with van der Waals surface area (Å²) in [5.41, 5.74) is -3.06. The summed E-state index contributed by atoms with van der Waals surface area (Å²) in [6.45, 7) is 1.36. The van der Waals surface area contributed by atoms with Crippen molar-refractivity contribution in [2.45, 2.75) is 12.0 Å². The third-order valence-electron chi connectivity index (χ3n) is 3.42. The molecule has 1 N–H and O–H groups in total. The van der Waals surface area contributed by atoms with E-state index in [1.54, 1.807) is 11.1 Å². The molecule has 0 bridgehead atoms. The van der Waals surface area contributed by atoms with E-state index < -0.39 is 11.5 Å². The van der Waals surface area contributed by atoms with E-state index in [4.69, 9.17) is 16.4 Å². The van der Waals surface area contributed by atoms with Crippen LogP contribution in [0.1, 0.15) is 16.8 Å². The molecule has 0 spiro atoms. The number of carbonyl (C=O) groups is 1. The molecule has 26 heavy (non-hydrogen) atoms. The van der Waals surface area contributed by atoms with Crippen molar-refractivity contribution < 1.29 is 23.1 Å². The number of carbonyl (C=O) groups excluding carboxylic acids is 1. The Bertz CT molecular complexity index is 796. The fourth-order valence-electron chi connectivity index (χ4n) is 2.30. The molecule has 0 unspecified atom stereocenters. The summed E-state index contributed by atoms with van der Waals surface area (Å²) in [5, 5.41) is 4.31. The van der Waals surface area contributed by atoms with Gasteiger partial charge in [0, 0.05) is 30.0 Å². The van der Waals surface area contributed by atoms with Crippen LogP contribution in [0.15, 0.2) is 41.0 Å². The number of ether oxygens (including phenoxy) is 1. The first kappa shape index (κ1) is 18.8. The molecule has 0 saturated carbocycles. The highest BCUT2D eigenvalue weighted by molar-refractivity contribution is 9.10. The highest BCUT2D eigenvalue weighted by atomic mass is 79.9. The van der Waals surface area contributed by atoms with Crippen molar-refractivity contribution in [3.8, 4) is 5.75 Å². The van der Waals surface area contributed by atoms with E-state index in [1.165, 1.54) is 30.5 Å². The number of pyridine rings is 1. The maximum absolute atomic E-state index is 12.6. The molecule has 2 heterocycles. The average Bonchev–Trinajstić information content (AvgIpc) is 3.09. The summed E-state index contributed by atoms with van der Waals surface area (Å²) < 4.78 is 30.0. The molecule has 0 radical (unpaired) electrons. The molecule has 0 aliphatic carbocycles. The molecule has 1 aromatic carbocycles. The molecular formula is C16H13BrClF2N3O3. The Hall–Kier alpha value is -1.97. The minimum atomic E-state index is -3.79. The van der Waals surface area contributed by atoms with Crippen LogP contribution in [0.2, 0.25) is 0 Å². The van der Waals surface area contributed by atoms with Gasteiger partial charge in [0.15, 0.2) is 5.82 Å². The third-order valence-corrected chi connectivity index (χ3v) is 4.08. The maximum Gasteiger partial charge on any atom is 0.487 e. The molecule has 138 valence electrons. The Morgan fingerprint density at radius 2 is 2.12 bits per heavy atom. The van der Waals surface area contributed by atoms with Gasteiger partial charge in [-0.25, -0.2) is 10.0 Å². The van der Waals surface area contributed by atoms with Gasteiger partial charge < -0.3 is 10.1 Å². The number of aromatic nitrogens is 1. The van der Waals surface area contributed by atoms with Gasteiger partial charge in [0.05, 0.1) is 16.6 Å². The molecule has 6 nitrogen and oxygen atoms in total. The third kappa shape index (κ3) is 4.80. The van der Waals surface area contributed by atoms with Crippen LogP contribution in [0.3, 0.4) is 0 Å². The number of alkyl halides is 3. The number of halogens is 4. The summed E-state index contributed by atoms with van der Waals surface area (Å²) in [7, 11) is 0. The normalized spacial score (nSPS) is 14.4. The van der Waals surface area contributed by atoms with Crippen LogP contribution in [0, 0.1) is 0 Å². The predicted octanol–water partition coefficient (Wildman–Crippen LogP) is 4.41. The number of anilines is 2. The number of nitrogens with one attached hydrogen (secondary N) is 1. The molecule has 3 rings (SSSR count). The topological polar surface area (TPSA) is 63.7 Å². The molecule has 1 aromatic heterocycles. The first-order valence-corrected chi connectivity index (χ1v) is 8.72. The second-order valence-corrected chi connectivity index (χ2v) is 6.64. The zero-order valence-electron chi connectivity index (χ0n) is 13.2. The Labute approximate surface area is 161 Å². The molecular weight excluding hydrogens is 436 g/mol. The van der Waals surface area contributed by atoms with E-state index in [2.05, 4.69) is 31.0 Å². The van der Waals surface area contributed by atoms with Gasteiger partial charge in [-0.2, -0.15) is 0 Å². The highest BCUT2D eigenvalue weighted by Gasteiger charge is 2.27. The second-order valence-electron chi connectivity index (χ2n) is 5.34. The van der Waals surface area contributed by atoms with Gasteiger partial charge in [0.2, 0.25) is 0 Å². The summed E-state index contributed by atoms with van der Waals surface area (Å²) in [5.74, 6) is 0.0772. The van der Waals surface area contributed by atoms with Crippen LogP contribution in [0.4, 0.5) is 20.3 Å². The van der Waals surface area contributed by atoms with Crippen LogP contribution in [0.5, 0.6) is 5.75 Å². The number of nitrogens with zero attached hydrogens (tertiary/aromatic N) is 2. The SMILES string of the molecule is O=C(Nc1ccc(OC(F)(F)Cl)cc1)c1cnc(N2CCCO2)c(Br)c1. The molecule has 10 heteroatoms. The van der Waals surface area contributed by atoms with Crippen LogP contribution in [0.25, 0.3) is 0 Å². The molecule has 1 aliphatic rings. The lowest BCUT2D eigenvalue weighted by molar-refractivity contribution is -0.0964. The summed E-state index contributed by atoms with van der Waals surface area (Å²) in [4.78, 5) is 22.0. The number of hydrogen-bond donors (Lipinski definition) is 1. The van der Waals surface area contributed by atoms with Crippen molar-refractivity contribution >= 4 is 44.9 Å². The summed E-state index contributed by atoms with van der Waals surface area (Å²) >= 11 is 8.08. The minimum absolute atomic E-state index is 0.123. The molecule has 1 fully saturated rings. The Balaban J connectivity index is 1.67. The van der Waals surface area contributed by atoms with Gasteiger partial charge in [-0.05, 0) is 52.7 Å². The van der Waals surface area contributed by atoms with Crippen LogP contribution >= 0.6 is 27.5 Å². The van der Waals surface area contributed by atoms with E-state index >= 15 is 0 Å². The lowest BCUT2D eigenvalue weighted by atomic mass is 10.2. The van der Waals surface area contributed by atoms with Gasteiger partial charge in [-0.3, -0.25) is 9.63 Å². The zero-order valence-corrected chi connectivity index (χ0v) is 15.6. The van der Waals surface area contributed by atoms with Crippen LogP contribution in [-0.4, -0.2) is 29.6 Å². The van der Waals surface area contributed by atoms with E-state index in [0.29, 0.717) is 28.1 Å². The monoisotopic (exact) mass is 447 g/mol. The smallest absolute Gasteiger partial charge is 0.420 e. The van der Waals surface area contributed by atoms with Gasteiger partial charge in [0.25, 0.3) is 5.91 Å². The standard InChI is InChI=1S/C16H13BrClF2N3O3/c17-13-8-10(9-21-14(13)23-6-1-7-25-23)15(24)22-11-2-4-12(5-3-11)26-16(18,19)20/h2-5,8-9H,1,6-7H2,(H,22,24). The predicted molar refractivity (Wildman–Crippen MR) is 95.7 cm³/mol.